The summed E-state index contributed by atoms with van der Waals surface area (Å²) >= 11 is 0. The Balaban J connectivity index is 1.79. The monoisotopic (exact) mass is 408 g/mol. The molecule has 2 atom stereocenters. The van der Waals surface area contributed by atoms with Crippen molar-refractivity contribution in [3.05, 3.63) is 64.2 Å². The molecule has 0 aromatic heterocycles. The molecule has 0 radical (unpaired) electrons. The molecular weight excluding hydrogens is 385 g/mol. The Labute approximate surface area is 167 Å². The molecule has 0 aliphatic heterocycles. The molecule has 0 saturated heterocycles. The molecule has 0 heterocycles. The number of carboxylic acid groups (broad SMARTS) is 1. The van der Waals surface area contributed by atoms with Gasteiger partial charge in [0.15, 0.2) is 0 Å². The Morgan fingerprint density at radius 3 is 2.52 bits per heavy atom. The van der Waals surface area contributed by atoms with E-state index in [2.05, 4.69) is 0 Å². The number of ether oxygens (including phenoxy) is 2. The average Bonchev–Trinajstić information content (AvgIpc) is 3.02. The molecule has 7 heteroatoms. The van der Waals surface area contributed by atoms with Crippen LogP contribution in [0.2, 0.25) is 0 Å². The second-order valence-corrected chi connectivity index (χ2v) is 7.13. The van der Waals surface area contributed by atoms with Crippen LogP contribution in [0.3, 0.4) is 0 Å². The van der Waals surface area contributed by atoms with Crippen molar-refractivity contribution in [3.8, 4) is 5.75 Å². The lowest BCUT2D eigenvalue weighted by atomic mass is 9.99. The average molecular weight is 408 g/mol. The van der Waals surface area contributed by atoms with Crippen LogP contribution in [0.4, 0.5) is 13.2 Å². The fourth-order valence-electron chi connectivity index (χ4n) is 3.77. The van der Waals surface area contributed by atoms with Crippen LogP contribution in [0.5, 0.6) is 5.75 Å². The fourth-order valence-corrected chi connectivity index (χ4v) is 3.77. The molecule has 29 heavy (non-hydrogen) atoms. The Kier molecular flexibility index (Phi) is 6.17. The van der Waals surface area contributed by atoms with Gasteiger partial charge in [-0.25, -0.2) is 0 Å². The van der Waals surface area contributed by atoms with Gasteiger partial charge in [0.05, 0.1) is 18.1 Å². The fraction of sp³-hybridized carbons (Fsp3) is 0.409. The molecule has 0 fully saturated rings. The van der Waals surface area contributed by atoms with E-state index in [-0.39, 0.29) is 6.42 Å². The summed E-state index contributed by atoms with van der Waals surface area (Å²) in [5.41, 5.74) is 1.57. The van der Waals surface area contributed by atoms with Gasteiger partial charge in [-0.3, -0.25) is 4.79 Å². The summed E-state index contributed by atoms with van der Waals surface area (Å²) in [5, 5.41) is 9.03. The third-order valence-corrected chi connectivity index (χ3v) is 5.00. The van der Waals surface area contributed by atoms with Gasteiger partial charge in [-0.15, -0.1) is 0 Å². The summed E-state index contributed by atoms with van der Waals surface area (Å²) < 4.78 is 51.5. The van der Waals surface area contributed by atoms with Crippen molar-refractivity contribution in [1.82, 2.24) is 0 Å². The molecule has 0 bridgehead atoms. The lowest BCUT2D eigenvalue weighted by Gasteiger charge is -2.19. The Bertz CT molecular complexity index is 875. The number of benzene rings is 2. The topological polar surface area (TPSA) is 55.8 Å². The van der Waals surface area contributed by atoms with Crippen molar-refractivity contribution in [2.75, 3.05) is 6.61 Å². The molecule has 0 amide bonds. The minimum absolute atomic E-state index is 0.149. The second-order valence-electron chi connectivity index (χ2n) is 7.13. The molecule has 0 unspecified atom stereocenters. The Morgan fingerprint density at radius 1 is 1.24 bits per heavy atom. The van der Waals surface area contributed by atoms with Gasteiger partial charge < -0.3 is 14.6 Å². The number of alkyl halides is 3. The summed E-state index contributed by atoms with van der Waals surface area (Å²) in [7, 11) is 0. The molecule has 0 spiro atoms. The van der Waals surface area contributed by atoms with Gasteiger partial charge in [0, 0.05) is 6.61 Å². The number of aryl methyl sites for hydroxylation is 1. The van der Waals surface area contributed by atoms with Crippen LogP contribution in [0.25, 0.3) is 0 Å². The van der Waals surface area contributed by atoms with Crippen molar-refractivity contribution in [1.29, 1.82) is 0 Å². The molecule has 156 valence electrons. The molecule has 3 rings (SSSR count). The van der Waals surface area contributed by atoms with Crippen LogP contribution in [-0.4, -0.2) is 17.7 Å². The van der Waals surface area contributed by atoms with Crippen LogP contribution >= 0.6 is 0 Å². The number of aliphatic carboxylic acids is 1. The summed E-state index contributed by atoms with van der Waals surface area (Å²) in [6, 6.07) is 9.79. The first-order valence-corrected chi connectivity index (χ1v) is 9.49. The highest BCUT2D eigenvalue weighted by Gasteiger charge is 2.38. The number of hydrogen-bond acceptors (Lipinski definition) is 3. The van der Waals surface area contributed by atoms with E-state index < -0.39 is 29.9 Å². The zero-order valence-corrected chi connectivity index (χ0v) is 16.3. The first kappa shape index (κ1) is 21.2. The van der Waals surface area contributed by atoms with Gasteiger partial charge in [0.1, 0.15) is 11.9 Å². The molecule has 1 aliphatic rings. The summed E-state index contributed by atoms with van der Waals surface area (Å²) in [4.78, 5) is 11.0. The predicted octanol–water partition coefficient (Wildman–Crippen LogP) is 5.63. The maximum atomic E-state index is 13.4. The summed E-state index contributed by atoms with van der Waals surface area (Å²) in [6.45, 7) is 3.83. The molecule has 1 N–H and O–H groups in total. The smallest absolute Gasteiger partial charge is 0.416 e. The Hall–Kier alpha value is -2.54. The van der Waals surface area contributed by atoms with Gasteiger partial charge in [-0.2, -0.15) is 13.2 Å². The normalized spacial score (nSPS) is 17.1. The van der Waals surface area contributed by atoms with Crippen LogP contribution in [0, 0.1) is 6.92 Å². The van der Waals surface area contributed by atoms with E-state index in [0.29, 0.717) is 47.5 Å². The van der Waals surface area contributed by atoms with Crippen molar-refractivity contribution in [2.45, 2.75) is 51.5 Å². The second kappa shape index (κ2) is 8.45. The van der Waals surface area contributed by atoms with Gasteiger partial charge in [0.2, 0.25) is 0 Å². The van der Waals surface area contributed by atoms with E-state index in [1.807, 2.05) is 0 Å². The molecular formula is C22H23F3O4. The number of halogens is 3. The molecule has 4 nitrogen and oxygen atoms in total. The van der Waals surface area contributed by atoms with Crippen LogP contribution < -0.4 is 4.74 Å². The SMILES string of the molecule is CCO[C@@H](CC(=O)O)c1ccc(O[C@@H]2CCc3c2cc(C)cc3C(F)(F)F)cc1. The van der Waals surface area contributed by atoms with Gasteiger partial charge in [-0.1, -0.05) is 23.8 Å². The van der Waals surface area contributed by atoms with Crippen LogP contribution in [-0.2, 0) is 22.1 Å². The molecule has 0 saturated carbocycles. The first-order valence-electron chi connectivity index (χ1n) is 9.49. The minimum atomic E-state index is -4.38. The van der Waals surface area contributed by atoms with E-state index in [1.165, 1.54) is 6.07 Å². The predicted molar refractivity (Wildman–Crippen MR) is 101 cm³/mol. The van der Waals surface area contributed by atoms with E-state index >= 15 is 0 Å². The summed E-state index contributed by atoms with van der Waals surface area (Å²) in [5.74, 6) is -0.436. The van der Waals surface area contributed by atoms with E-state index in [1.54, 1.807) is 44.2 Å². The lowest BCUT2D eigenvalue weighted by molar-refractivity contribution is -0.140. The first-order chi connectivity index (χ1) is 13.7. The van der Waals surface area contributed by atoms with Crippen molar-refractivity contribution in [2.24, 2.45) is 0 Å². The van der Waals surface area contributed by atoms with Crippen LogP contribution in [0.15, 0.2) is 36.4 Å². The van der Waals surface area contributed by atoms with E-state index in [9.17, 15) is 18.0 Å². The van der Waals surface area contributed by atoms with Gasteiger partial charge >= 0.3 is 12.1 Å². The maximum Gasteiger partial charge on any atom is 0.416 e. The lowest BCUT2D eigenvalue weighted by Crippen LogP contribution is -2.11. The number of hydrogen-bond donors (Lipinski definition) is 1. The highest BCUT2D eigenvalue weighted by Crippen LogP contribution is 2.43. The highest BCUT2D eigenvalue weighted by molar-refractivity contribution is 5.67. The minimum Gasteiger partial charge on any atom is -0.486 e. The third kappa shape index (κ3) is 4.90. The quantitative estimate of drug-likeness (QED) is 0.645. The summed E-state index contributed by atoms with van der Waals surface area (Å²) in [6.07, 6.45) is -4.74. The maximum absolute atomic E-state index is 13.4. The zero-order valence-electron chi connectivity index (χ0n) is 16.3. The Morgan fingerprint density at radius 2 is 1.93 bits per heavy atom. The van der Waals surface area contributed by atoms with Crippen molar-refractivity contribution in [3.63, 3.8) is 0 Å². The van der Waals surface area contributed by atoms with Crippen molar-refractivity contribution < 1.29 is 32.5 Å². The van der Waals surface area contributed by atoms with E-state index in [0.717, 1.165) is 0 Å². The van der Waals surface area contributed by atoms with Crippen LogP contribution in [0.1, 0.15) is 59.8 Å². The largest absolute Gasteiger partial charge is 0.486 e. The molecule has 2 aromatic carbocycles. The molecule has 1 aliphatic carbocycles. The standard InChI is InChI=1S/C22H23F3O4/c1-3-28-20(12-21(26)27)14-4-6-15(7-5-14)29-19-9-8-16-17(19)10-13(2)11-18(16)22(23,24)25/h4-7,10-11,19-20H,3,8-9,12H2,1-2H3,(H,26,27)/t19-,20+/m1/s1. The zero-order chi connectivity index (χ0) is 21.2. The third-order valence-electron chi connectivity index (χ3n) is 5.00. The number of fused-ring (bicyclic) bond motifs is 1. The van der Waals surface area contributed by atoms with E-state index in [4.69, 9.17) is 14.6 Å². The highest BCUT2D eigenvalue weighted by atomic mass is 19.4. The number of carboxylic acids is 1. The van der Waals surface area contributed by atoms with Gasteiger partial charge in [0.25, 0.3) is 0 Å². The van der Waals surface area contributed by atoms with Crippen molar-refractivity contribution >= 4 is 5.97 Å². The van der Waals surface area contributed by atoms with Gasteiger partial charge in [-0.05, 0) is 61.6 Å². The molecule has 2 aromatic rings. The number of rotatable bonds is 7. The number of carbonyl (C=O) groups is 1.